The largest absolute Gasteiger partial charge is 0.384 e. The van der Waals surface area contributed by atoms with E-state index in [0.717, 1.165) is 17.7 Å². The molecule has 0 bridgehead atoms. The van der Waals surface area contributed by atoms with E-state index in [9.17, 15) is 8.78 Å². The summed E-state index contributed by atoms with van der Waals surface area (Å²) in [5, 5.41) is 0. The van der Waals surface area contributed by atoms with Gasteiger partial charge in [-0.05, 0) is 54.3 Å². The van der Waals surface area contributed by atoms with Crippen LogP contribution in [0.3, 0.4) is 0 Å². The Bertz CT molecular complexity index is 527. The molecule has 0 amide bonds. The zero-order chi connectivity index (χ0) is 12.3. The summed E-state index contributed by atoms with van der Waals surface area (Å²) in [6.45, 7) is 0. The summed E-state index contributed by atoms with van der Waals surface area (Å²) >= 11 is 0. The Balaban J connectivity index is 2.09. The molecule has 0 aliphatic carbocycles. The summed E-state index contributed by atoms with van der Waals surface area (Å²) < 4.78 is 26.3. The number of nitrogens with zero attached hydrogens (tertiary/aromatic N) is 1. The molecule has 1 aromatic heterocycles. The average molecular weight is 234 g/mol. The molecule has 0 saturated carbocycles. The predicted molar refractivity (Wildman–Crippen MR) is 62.4 cm³/mol. The maximum atomic E-state index is 13.3. The van der Waals surface area contributed by atoms with Gasteiger partial charge in [0.15, 0.2) is 0 Å². The van der Waals surface area contributed by atoms with Crippen LogP contribution >= 0.6 is 0 Å². The van der Waals surface area contributed by atoms with E-state index in [4.69, 9.17) is 5.73 Å². The molecular weight excluding hydrogens is 222 g/mol. The predicted octanol–water partition coefficient (Wildman–Crippen LogP) is 2.73. The van der Waals surface area contributed by atoms with Crippen molar-refractivity contribution < 1.29 is 8.78 Å². The third-order valence-corrected chi connectivity index (χ3v) is 2.54. The van der Waals surface area contributed by atoms with E-state index in [1.165, 1.54) is 6.07 Å². The third-order valence-electron chi connectivity index (χ3n) is 2.54. The lowest BCUT2D eigenvalue weighted by molar-refractivity contribution is 0.584. The topological polar surface area (TPSA) is 38.9 Å². The van der Waals surface area contributed by atoms with Crippen molar-refractivity contribution in [2.45, 2.75) is 12.8 Å². The maximum Gasteiger partial charge on any atom is 0.126 e. The lowest BCUT2D eigenvalue weighted by Crippen LogP contribution is -1.97. The zero-order valence-electron chi connectivity index (χ0n) is 9.16. The normalized spacial score (nSPS) is 10.5. The van der Waals surface area contributed by atoms with Gasteiger partial charge in [-0.2, -0.15) is 0 Å². The molecule has 4 heteroatoms. The van der Waals surface area contributed by atoms with Crippen LogP contribution in [0, 0.1) is 11.6 Å². The van der Waals surface area contributed by atoms with Gasteiger partial charge in [-0.15, -0.1) is 0 Å². The number of hydrogen-bond acceptors (Lipinski definition) is 2. The lowest BCUT2D eigenvalue weighted by Gasteiger charge is -2.04. The number of hydrogen-bond donors (Lipinski definition) is 1. The summed E-state index contributed by atoms with van der Waals surface area (Å²) in [7, 11) is 0. The second-order valence-corrected chi connectivity index (χ2v) is 3.82. The van der Waals surface area contributed by atoms with Crippen molar-refractivity contribution in [3.05, 3.63) is 59.3 Å². The van der Waals surface area contributed by atoms with Crippen molar-refractivity contribution in [3.63, 3.8) is 0 Å². The number of nitrogens with two attached hydrogens (primary N) is 1. The van der Waals surface area contributed by atoms with E-state index in [1.54, 1.807) is 12.3 Å². The van der Waals surface area contributed by atoms with Crippen LogP contribution in [0.25, 0.3) is 0 Å². The van der Waals surface area contributed by atoms with Crippen molar-refractivity contribution in [1.29, 1.82) is 0 Å². The first kappa shape index (κ1) is 11.5. The number of anilines is 1. The van der Waals surface area contributed by atoms with Crippen LogP contribution in [0.5, 0.6) is 0 Å². The van der Waals surface area contributed by atoms with Gasteiger partial charge in [-0.25, -0.2) is 13.8 Å². The Morgan fingerprint density at radius 3 is 2.65 bits per heavy atom. The molecule has 88 valence electrons. The highest BCUT2D eigenvalue weighted by Gasteiger charge is 2.04. The maximum absolute atomic E-state index is 13.3. The molecule has 2 N–H and O–H groups in total. The minimum absolute atomic E-state index is 0.375. The smallest absolute Gasteiger partial charge is 0.126 e. The number of rotatable bonds is 3. The molecule has 2 aromatic rings. The minimum atomic E-state index is -0.421. The molecule has 1 aromatic carbocycles. The summed E-state index contributed by atoms with van der Waals surface area (Å²) in [6.07, 6.45) is 2.65. The highest BCUT2D eigenvalue weighted by molar-refractivity contribution is 5.32. The monoisotopic (exact) mass is 234 g/mol. The molecular formula is C13H12F2N2. The van der Waals surface area contributed by atoms with Crippen LogP contribution in [0.4, 0.5) is 14.6 Å². The summed E-state index contributed by atoms with van der Waals surface area (Å²) in [6, 6.07) is 7.03. The molecule has 17 heavy (non-hydrogen) atoms. The second-order valence-electron chi connectivity index (χ2n) is 3.82. The number of benzene rings is 1. The molecule has 0 radical (unpaired) electrons. The van der Waals surface area contributed by atoms with Gasteiger partial charge in [0.25, 0.3) is 0 Å². The van der Waals surface area contributed by atoms with Crippen LogP contribution < -0.4 is 5.73 Å². The van der Waals surface area contributed by atoms with Crippen LogP contribution in [-0.2, 0) is 12.8 Å². The molecule has 2 rings (SSSR count). The quantitative estimate of drug-likeness (QED) is 0.886. The highest BCUT2D eigenvalue weighted by atomic mass is 19.1. The molecule has 0 saturated heterocycles. The van der Waals surface area contributed by atoms with E-state index >= 15 is 0 Å². The fourth-order valence-corrected chi connectivity index (χ4v) is 1.66. The minimum Gasteiger partial charge on any atom is -0.384 e. The van der Waals surface area contributed by atoms with Gasteiger partial charge in [-0.1, -0.05) is 0 Å². The Kier molecular flexibility index (Phi) is 3.32. The summed E-state index contributed by atoms with van der Waals surface area (Å²) in [4.78, 5) is 3.87. The van der Waals surface area contributed by atoms with Crippen molar-refractivity contribution in [3.8, 4) is 0 Å². The molecule has 0 spiro atoms. The number of aromatic nitrogens is 1. The first-order valence-electron chi connectivity index (χ1n) is 5.29. The molecule has 0 atom stereocenters. The second kappa shape index (κ2) is 4.91. The van der Waals surface area contributed by atoms with E-state index in [0.29, 0.717) is 24.2 Å². The highest BCUT2D eigenvalue weighted by Crippen LogP contribution is 2.13. The number of halogens is 2. The average Bonchev–Trinajstić information content (AvgIpc) is 2.30. The molecule has 2 nitrogen and oxygen atoms in total. The van der Waals surface area contributed by atoms with Crippen LogP contribution in [0.15, 0.2) is 36.5 Å². The van der Waals surface area contributed by atoms with Gasteiger partial charge in [0.05, 0.1) is 0 Å². The SMILES string of the molecule is Nc1cc(CCc2cc(F)ccc2F)ccn1. The Hall–Kier alpha value is -1.97. The molecule has 0 unspecified atom stereocenters. The lowest BCUT2D eigenvalue weighted by atomic mass is 10.0. The fourth-order valence-electron chi connectivity index (χ4n) is 1.66. The molecule has 0 fully saturated rings. The van der Waals surface area contributed by atoms with E-state index in [1.807, 2.05) is 6.07 Å². The first-order chi connectivity index (χ1) is 8.15. The zero-order valence-corrected chi connectivity index (χ0v) is 9.16. The van der Waals surface area contributed by atoms with E-state index < -0.39 is 5.82 Å². The van der Waals surface area contributed by atoms with Gasteiger partial charge < -0.3 is 5.73 Å². The van der Waals surface area contributed by atoms with E-state index in [-0.39, 0.29) is 5.82 Å². The third kappa shape index (κ3) is 3.00. The van der Waals surface area contributed by atoms with Crippen molar-refractivity contribution in [2.75, 3.05) is 5.73 Å². The van der Waals surface area contributed by atoms with Gasteiger partial charge in [0.1, 0.15) is 17.5 Å². The van der Waals surface area contributed by atoms with Crippen LogP contribution in [-0.4, -0.2) is 4.98 Å². The first-order valence-corrected chi connectivity index (χ1v) is 5.29. The van der Waals surface area contributed by atoms with E-state index in [2.05, 4.69) is 4.98 Å². The van der Waals surface area contributed by atoms with Crippen molar-refractivity contribution in [2.24, 2.45) is 0 Å². The Labute approximate surface area is 98.1 Å². The summed E-state index contributed by atoms with van der Waals surface area (Å²) in [5.74, 6) is -0.369. The Morgan fingerprint density at radius 2 is 1.88 bits per heavy atom. The number of aryl methyl sites for hydroxylation is 2. The molecule has 1 heterocycles. The van der Waals surface area contributed by atoms with Crippen LogP contribution in [0.1, 0.15) is 11.1 Å². The fraction of sp³-hybridized carbons (Fsp3) is 0.154. The van der Waals surface area contributed by atoms with Crippen molar-refractivity contribution >= 4 is 5.82 Å². The van der Waals surface area contributed by atoms with Gasteiger partial charge in [0, 0.05) is 6.20 Å². The van der Waals surface area contributed by atoms with Gasteiger partial charge in [-0.3, -0.25) is 0 Å². The number of pyridine rings is 1. The summed E-state index contributed by atoms with van der Waals surface area (Å²) in [5.41, 5.74) is 6.87. The van der Waals surface area contributed by atoms with Crippen molar-refractivity contribution in [1.82, 2.24) is 4.98 Å². The molecule has 0 aliphatic heterocycles. The van der Waals surface area contributed by atoms with Crippen LogP contribution in [0.2, 0.25) is 0 Å². The Morgan fingerprint density at radius 1 is 1.06 bits per heavy atom. The van der Waals surface area contributed by atoms with Gasteiger partial charge in [0.2, 0.25) is 0 Å². The molecule has 0 aliphatic rings. The number of nitrogen functional groups attached to an aromatic ring is 1. The van der Waals surface area contributed by atoms with Gasteiger partial charge >= 0.3 is 0 Å². The standard InChI is InChI=1S/C13H12F2N2/c14-11-3-4-12(15)10(8-11)2-1-9-5-6-17-13(16)7-9/h3-8H,1-2H2,(H2,16,17).